The maximum atomic E-state index is 12.9. The average molecular weight is 253 g/mol. The zero-order chi connectivity index (χ0) is 13.2. The second-order valence-electron chi connectivity index (χ2n) is 4.23. The molecule has 1 aromatic heterocycles. The second-order valence-corrected chi connectivity index (χ2v) is 4.23. The first-order chi connectivity index (χ1) is 9.24. The summed E-state index contributed by atoms with van der Waals surface area (Å²) in [7, 11) is 0. The van der Waals surface area contributed by atoms with Gasteiger partial charge in [-0.25, -0.2) is 4.39 Å². The first-order valence-electron chi connectivity index (χ1n) is 5.90. The number of benzene rings is 2. The van der Waals surface area contributed by atoms with Crippen molar-refractivity contribution in [3.63, 3.8) is 0 Å². The highest BCUT2D eigenvalue weighted by atomic mass is 19.1. The molecule has 0 saturated heterocycles. The molecule has 0 amide bonds. The SMILES string of the molecule is Nc1c(Nc2ccc(F)cc2)ccc2ncccc12. The lowest BCUT2D eigenvalue weighted by Crippen LogP contribution is -1.97. The van der Waals surface area contributed by atoms with Crippen molar-refractivity contribution >= 4 is 28.0 Å². The Morgan fingerprint density at radius 2 is 1.79 bits per heavy atom. The Kier molecular flexibility index (Phi) is 2.76. The highest BCUT2D eigenvalue weighted by Gasteiger charge is 2.05. The molecule has 0 spiro atoms. The number of rotatable bonds is 2. The molecule has 0 fully saturated rings. The van der Waals surface area contributed by atoms with Crippen molar-refractivity contribution < 1.29 is 4.39 Å². The van der Waals surface area contributed by atoms with E-state index in [4.69, 9.17) is 5.73 Å². The number of nitrogens with zero attached hydrogens (tertiary/aromatic N) is 1. The van der Waals surface area contributed by atoms with Gasteiger partial charge in [-0.3, -0.25) is 4.98 Å². The molecular formula is C15H12FN3. The summed E-state index contributed by atoms with van der Waals surface area (Å²) in [5.74, 6) is -0.263. The Hall–Kier alpha value is -2.62. The van der Waals surface area contributed by atoms with E-state index in [0.717, 1.165) is 22.3 Å². The zero-order valence-corrected chi connectivity index (χ0v) is 10.1. The van der Waals surface area contributed by atoms with E-state index in [1.165, 1.54) is 12.1 Å². The van der Waals surface area contributed by atoms with Crippen LogP contribution in [0.15, 0.2) is 54.7 Å². The van der Waals surface area contributed by atoms with Gasteiger partial charge in [-0.05, 0) is 48.5 Å². The van der Waals surface area contributed by atoms with Crippen molar-refractivity contribution in [1.29, 1.82) is 0 Å². The second kappa shape index (κ2) is 4.57. The third-order valence-electron chi connectivity index (χ3n) is 2.95. The summed E-state index contributed by atoms with van der Waals surface area (Å²) in [6.07, 6.45) is 1.73. The molecule has 4 heteroatoms. The van der Waals surface area contributed by atoms with E-state index in [1.807, 2.05) is 24.3 Å². The van der Waals surface area contributed by atoms with Crippen LogP contribution in [-0.2, 0) is 0 Å². The van der Waals surface area contributed by atoms with Gasteiger partial charge in [0.05, 0.1) is 16.9 Å². The number of aromatic nitrogens is 1. The lowest BCUT2D eigenvalue weighted by Gasteiger charge is -2.11. The Balaban J connectivity index is 2.01. The van der Waals surface area contributed by atoms with Crippen LogP contribution in [-0.4, -0.2) is 4.98 Å². The largest absolute Gasteiger partial charge is 0.396 e. The average Bonchev–Trinajstić information content (AvgIpc) is 2.45. The summed E-state index contributed by atoms with van der Waals surface area (Å²) in [6, 6.07) is 13.7. The molecule has 0 aliphatic heterocycles. The van der Waals surface area contributed by atoms with Crippen molar-refractivity contribution in [1.82, 2.24) is 4.98 Å². The molecule has 0 aliphatic carbocycles. The van der Waals surface area contributed by atoms with Gasteiger partial charge in [-0.15, -0.1) is 0 Å². The van der Waals surface area contributed by atoms with E-state index in [1.54, 1.807) is 18.3 Å². The first-order valence-corrected chi connectivity index (χ1v) is 5.90. The van der Waals surface area contributed by atoms with Gasteiger partial charge in [0.2, 0.25) is 0 Å². The van der Waals surface area contributed by atoms with Crippen LogP contribution >= 0.6 is 0 Å². The zero-order valence-electron chi connectivity index (χ0n) is 10.1. The van der Waals surface area contributed by atoms with Gasteiger partial charge in [0.15, 0.2) is 0 Å². The minimum absolute atomic E-state index is 0.263. The molecule has 0 atom stereocenters. The lowest BCUT2D eigenvalue weighted by atomic mass is 10.1. The molecule has 2 aromatic carbocycles. The van der Waals surface area contributed by atoms with E-state index in [2.05, 4.69) is 10.3 Å². The van der Waals surface area contributed by atoms with Crippen molar-refractivity contribution in [2.45, 2.75) is 0 Å². The molecule has 0 unspecified atom stereocenters. The number of fused-ring (bicyclic) bond motifs is 1. The third-order valence-corrected chi connectivity index (χ3v) is 2.95. The van der Waals surface area contributed by atoms with Crippen LogP contribution in [0.2, 0.25) is 0 Å². The number of nitrogens with one attached hydrogen (secondary N) is 1. The Morgan fingerprint density at radius 1 is 1.00 bits per heavy atom. The summed E-state index contributed by atoms with van der Waals surface area (Å²) < 4.78 is 12.9. The molecule has 1 heterocycles. The van der Waals surface area contributed by atoms with Crippen LogP contribution < -0.4 is 11.1 Å². The lowest BCUT2D eigenvalue weighted by molar-refractivity contribution is 0.628. The van der Waals surface area contributed by atoms with Gasteiger partial charge in [0, 0.05) is 17.3 Å². The van der Waals surface area contributed by atoms with Crippen LogP contribution in [0.4, 0.5) is 21.5 Å². The maximum absolute atomic E-state index is 12.9. The topological polar surface area (TPSA) is 50.9 Å². The van der Waals surface area contributed by atoms with Crippen molar-refractivity contribution in [2.75, 3.05) is 11.1 Å². The maximum Gasteiger partial charge on any atom is 0.123 e. The number of nitrogen functional groups attached to an aromatic ring is 1. The van der Waals surface area contributed by atoms with E-state index in [-0.39, 0.29) is 5.82 Å². The smallest absolute Gasteiger partial charge is 0.123 e. The summed E-state index contributed by atoms with van der Waals surface area (Å²) in [4.78, 5) is 4.24. The molecule has 94 valence electrons. The summed E-state index contributed by atoms with van der Waals surface area (Å²) in [6.45, 7) is 0. The van der Waals surface area contributed by atoms with Crippen LogP contribution in [0, 0.1) is 5.82 Å². The van der Waals surface area contributed by atoms with Crippen LogP contribution in [0.1, 0.15) is 0 Å². The number of nitrogens with two attached hydrogens (primary N) is 1. The normalized spacial score (nSPS) is 10.6. The molecule has 0 saturated carbocycles. The fourth-order valence-electron chi connectivity index (χ4n) is 1.97. The van der Waals surface area contributed by atoms with E-state index < -0.39 is 0 Å². The molecule has 3 N–H and O–H groups in total. The quantitative estimate of drug-likeness (QED) is 0.685. The van der Waals surface area contributed by atoms with Crippen LogP contribution in [0.3, 0.4) is 0 Å². The van der Waals surface area contributed by atoms with Gasteiger partial charge >= 0.3 is 0 Å². The van der Waals surface area contributed by atoms with Crippen molar-refractivity contribution in [2.24, 2.45) is 0 Å². The Labute approximate surface area is 109 Å². The molecular weight excluding hydrogens is 241 g/mol. The molecule has 0 radical (unpaired) electrons. The highest BCUT2D eigenvalue weighted by Crippen LogP contribution is 2.29. The van der Waals surface area contributed by atoms with Gasteiger partial charge < -0.3 is 11.1 Å². The van der Waals surface area contributed by atoms with Gasteiger partial charge in [0.1, 0.15) is 5.82 Å². The monoisotopic (exact) mass is 253 g/mol. The van der Waals surface area contributed by atoms with Gasteiger partial charge in [-0.2, -0.15) is 0 Å². The number of anilines is 3. The number of hydrogen-bond donors (Lipinski definition) is 2. The minimum Gasteiger partial charge on any atom is -0.396 e. The van der Waals surface area contributed by atoms with Crippen molar-refractivity contribution in [3.8, 4) is 0 Å². The summed E-state index contributed by atoms with van der Waals surface area (Å²) in [5.41, 5.74) is 9.18. The third kappa shape index (κ3) is 2.20. The summed E-state index contributed by atoms with van der Waals surface area (Å²) >= 11 is 0. The Bertz CT molecular complexity index is 723. The predicted molar refractivity (Wildman–Crippen MR) is 75.8 cm³/mol. The molecule has 19 heavy (non-hydrogen) atoms. The number of pyridine rings is 1. The standard InChI is InChI=1S/C15H12FN3/c16-10-3-5-11(6-4-10)19-14-8-7-13-12(15(14)17)2-1-9-18-13/h1-9,19H,17H2. The number of hydrogen-bond acceptors (Lipinski definition) is 3. The number of halogens is 1. The van der Waals surface area contributed by atoms with Gasteiger partial charge in [-0.1, -0.05) is 0 Å². The van der Waals surface area contributed by atoms with Gasteiger partial charge in [0.25, 0.3) is 0 Å². The molecule has 3 aromatic rings. The van der Waals surface area contributed by atoms with E-state index in [0.29, 0.717) is 5.69 Å². The molecule has 3 rings (SSSR count). The fraction of sp³-hybridized carbons (Fsp3) is 0. The summed E-state index contributed by atoms with van der Waals surface area (Å²) in [5, 5.41) is 4.07. The van der Waals surface area contributed by atoms with Crippen molar-refractivity contribution in [3.05, 3.63) is 60.5 Å². The molecule has 0 aliphatic rings. The minimum atomic E-state index is -0.263. The molecule has 0 bridgehead atoms. The van der Waals surface area contributed by atoms with Crippen LogP contribution in [0.5, 0.6) is 0 Å². The first kappa shape index (κ1) is 11.5. The van der Waals surface area contributed by atoms with Crippen LogP contribution in [0.25, 0.3) is 10.9 Å². The fourth-order valence-corrected chi connectivity index (χ4v) is 1.97. The molecule has 3 nitrogen and oxygen atoms in total. The highest BCUT2D eigenvalue weighted by molar-refractivity contribution is 5.97. The van der Waals surface area contributed by atoms with E-state index in [9.17, 15) is 4.39 Å². The Morgan fingerprint density at radius 3 is 2.58 bits per heavy atom. The van der Waals surface area contributed by atoms with E-state index >= 15 is 0 Å². The predicted octanol–water partition coefficient (Wildman–Crippen LogP) is 3.70.